The summed E-state index contributed by atoms with van der Waals surface area (Å²) < 4.78 is 23.7. The molecule has 5 rings (SSSR count). The van der Waals surface area contributed by atoms with Crippen molar-refractivity contribution in [1.82, 2.24) is 24.9 Å². The van der Waals surface area contributed by atoms with Crippen LogP contribution in [-0.2, 0) is 24.4 Å². The van der Waals surface area contributed by atoms with Gasteiger partial charge in [-0.25, -0.2) is 14.1 Å². The van der Waals surface area contributed by atoms with Crippen molar-refractivity contribution in [2.24, 2.45) is 5.92 Å². The van der Waals surface area contributed by atoms with Gasteiger partial charge in [0.25, 0.3) is 0 Å². The molecule has 0 saturated heterocycles. The number of carbonyl (C=O) groups is 1. The SMILES string of the molecule is CCn1nnc2c(F)c([C@H](c3ccc(C)c(CN4Cc5cccnc5OC(C)(C)C4)c3)[C@@H](C)C(=O)O)ccc21. The zero-order valence-corrected chi connectivity index (χ0v) is 23.0. The number of carboxylic acids is 1. The number of hydrogen-bond donors (Lipinski definition) is 1. The zero-order chi connectivity index (χ0) is 27.9. The molecule has 0 bridgehead atoms. The van der Waals surface area contributed by atoms with Gasteiger partial charge in [0.05, 0.1) is 11.4 Å². The fourth-order valence-electron chi connectivity index (χ4n) is 5.55. The summed E-state index contributed by atoms with van der Waals surface area (Å²) in [4.78, 5) is 19.0. The predicted octanol–water partition coefficient (Wildman–Crippen LogP) is 5.32. The zero-order valence-electron chi connectivity index (χ0n) is 23.0. The van der Waals surface area contributed by atoms with Crippen molar-refractivity contribution in [3.05, 3.63) is 82.3 Å². The van der Waals surface area contributed by atoms with Crippen molar-refractivity contribution in [3.63, 3.8) is 0 Å². The van der Waals surface area contributed by atoms with Gasteiger partial charge in [-0.2, -0.15) is 0 Å². The third kappa shape index (κ3) is 5.23. The highest BCUT2D eigenvalue weighted by atomic mass is 19.1. The van der Waals surface area contributed by atoms with Crippen molar-refractivity contribution in [2.75, 3.05) is 6.54 Å². The van der Waals surface area contributed by atoms with Crippen molar-refractivity contribution < 1.29 is 19.0 Å². The second kappa shape index (κ2) is 10.4. The Labute approximate surface area is 227 Å². The van der Waals surface area contributed by atoms with Crippen LogP contribution in [0.4, 0.5) is 4.39 Å². The van der Waals surface area contributed by atoms with Crippen LogP contribution in [0.25, 0.3) is 11.0 Å². The Morgan fingerprint density at radius 1 is 1.23 bits per heavy atom. The van der Waals surface area contributed by atoms with Crippen LogP contribution in [0.2, 0.25) is 0 Å². The lowest BCUT2D eigenvalue weighted by Crippen LogP contribution is -2.40. The first kappa shape index (κ1) is 26.7. The largest absolute Gasteiger partial charge is 0.481 e. The highest BCUT2D eigenvalue weighted by molar-refractivity contribution is 5.78. The Morgan fingerprint density at radius 2 is 2.03 bits per heavy atom. The molecule has 8 nitrogen and oxygen atoms in total. The fraction of sp³-hybridized carbons (Fsp3) is 0.400. The van der Waals surface area contributed by atoms with E-state index in [4.69, 9.17) is 4.74 Å². The van der Waals surface area contributed by atoms with Crippen LogP contribution >= 0.6 is 0 Å². The number of fused-ring (bicyclic) bond motifs is 2. The second-order valence-corrected chi connectivity index (χ2v) is 11.0. The quantitative estimate of drug-likeness (QED) is 0.345. The molecule has 0 unspecified atom stereocenters. The number of aliphatic carboxylic acids is 1. The first-order valence-corrected chi connectivity index (χ1v) is 13.3. The Balaban J connectivity index is 1.54. The lowest BCUT2D eigenvalue weighted by molar-refractivity contribution is -0.141. The number of carboxylic acid groups (broad SMARTS) is 1. The molecule has 39 heavy (non-hydrogen) atoms. The van der Waals surface area contributed by atoms with Gasteiger partial charge in [0, 0.05) is 43.9 Å². The van der Waals surface area contributed by atoms with Gasteiger partial charge in [-0.1, -0.05) is 42.5 Å². The van der Waals surface area contributed by atoms with Gasteiger partial charge >= 0.3 is 5.97 Å². The van der Waals surface area contributed by atoms with E-state index in [1.165, 1.54) is 0 Å². The van der Waals surface area contributed by atoms with E-state index in [1.54, 1.807) is 29.9 Å². The minimum atomic E-state index is -0.991. The number of hydrogen-bond acceptors (Lipinski definition) is 6. The average Bonchev–Trinajstić information content (AvgIpc) is 3.26. The molecule has 0 saturated carbocycles. The number of benzene rings is 2. The Kier molecular flexibility index (Phi) is 7.11. The van der Waals surface area contributed by atoms with Gasteiger partial charge in [0.1, 0.15) is 11.1 Å². The monoisotopic (exact) mass is 531 g/mol. The van der Waals surface area contributed by atoms with Crippen LogP contribution in [0.3, 0.4) is 0 Å². The molecule has 0 spiro atoms. The van der Waals surface area contributed by atoms with Gasteiger partial charge in [0.15, 0.2) is 5.82 Å². The third-order valence-electron chi connectivity index (χ3n) is 7.53. The summed E-state index contributed by atoms with van der Waals surface area (Å²) in [6.45, 7) is 12.2. The van der Waals surface area contributed by atoms with E-state index in [1.807, 2.05) is 58.0 Å². The highest BCUT2D eigenvalue weighted by Gasteiger charge is 2.32. The minimum Gasteiger partial charge on any atom is -0.481 e. The summed E-state index contributed by atoms with van der Waals surface area (Å²) in [7, 11) is 0. The van der Waals surface area contributed by atoms with Gasteiger partial charge in [-0.15, -0.1) is 5.10 Å². The molecule has 0 fully saturated rings. The molecule has 4 aromatic rings. The maximum Gasteiger partial charge on any atom is 0.307 e. The predicted molar refractivity (Wildman–Crippen MR) is 146 cm³/mol. The van der Waals surface area contributed by atoms with E-state index in [2.05, 4.69) is 20.2 Å². The van der Waals surface area contributed by atoms with E-state index in [0.29, 0.717) is 43.1 Å². The number of halogens is 1. The number of rotatable bonds is 7. The molecular weight excluding hydrogens is 497 g/mol. The summed E-state index contributed by atoms with van der Waals surface area (Å²) in [5.74, 6) is -2.43. The number of pyridine rings is 1. The third-order valence-corrected chi connectivity index (χ3v) is 7.53. The van der Waals surface area contributed by atoms with Crippen molar-refractivity contribution in [1.29, 1.82) is 0 Å². The summed E-state index contributed by atoms with van der Waals surface area (Å²) >= 11 is 0. The Morgan fingerprint density at radius 3 is 2.77 bits per heavy atom. The summed E-state index contributed by atoms with van der Waals surface area (Å²) in [6.07, 6.45) is 1.74. The molecule has 0 radical (unpaired) electrons. The molecule has 0 amide bonds. The van der Waals surface area contributed by atoms with Gasteiger partial charge in [0.2, 0.25) is 5.88 Å². The fourth-order valence-corrected chi connectivity index (χ4v) is 5.55. The van der Waals surface area contributed by atoms with Crippen LogP contribution in [0.15, 0.2) is 48.7 Å². The molecule has 204 valence electrons. The van der Waals surface area contributed by atoms with Gasteiger partial charge < -0.3 is 9.84 Å². The van der Waals surface area contributed by atoms with E-state index < -0.39 is 29.2 Å². The number of ether oxygens (including phenoxy) is 1. The number of aryl methyl sites for hydroxylation is 2. The van der Waals surface area contributed by atoms with Crippen LogP contribution in [0, 0.1) is 18.7 Å². The molecular formula is C30H34FN5O3. The Bertz CT molecular complexity index is 1530. The molecule has 1 N–H and O–H groups in total. The van der Waals surface area contributed by atoms with Crippen LogP contribution in [-0.4, -0.2) is 48.1 Å². The smallest absolute Gasteiger partial charge is 0.307 e. The van der Waals surface area contributed by atoms with E-state index in [-0.39, 0.29) is 5.52 Å². The summed E-state index contributed by atoms with van der Waals surface area (Å²) in [5.41, 5.74) is 4.51. The molecule has 1 aliphatic rings. The maximum atomic E-state index is 15.9. The normalized spacial score (nSPS) is 16.8. The number of nitrogens with zero attached hydrogens (tertiary/aromatic N) is 5. The lowest BCUT2D eigenvalue weighted by Gasteiger charge is -2.30. The summed E-state index contributed by atoms with van der Waals surface area (Å²) in [5, 5.41) is 18.1. The topological polar surface area (TPSA) is 93.4 Å². The molecule has 3 heterocycles. The average molecular weight is 532 g/mol. The van der Waals surface area contributed by atoms with E-state index in [0.717, 1.165) is 22.3 Å². The van der Waals surface area contributed by atoms with Crippen molar-refractivity contribution >= 4 is 17.0 Å². The molecule has 2 aromatic heterocycles. The van der Waals surface area contributed by atoms with Crippen molar-refractivity contribution in [3.8, 4) is 5.88 Å². The van der Waals surface area contributed by atoms with Crippen LogP contribution in [0.1, 0.15) is 61.4 Å². The molecule has 0 aliphatic carbocycles. The molecule has 2 atom stereocenters. The Hall–Kier alpha value is -3.85. The van der Waals surface area contributed by atoms with Crippen LogP contribution < -0.4 is 4.74 Å². The maximum absolute atomic E-state index is 15.9. The van der Waals surface area contributed by atoms with E-state index >= 15 is 4.39 Å². The van der Waals surface area contributed by atoms with Crippen molar-refractivity contribution in [2.45, 2.75) is 65.8 Å². The van der Waals surface area contributed by atoms with Crippen LogP contribution in [0.5, 0.6) is 5.88 Å². The van der Waals surface area contributed by atoms with Gasteiger partial charge in [-0.3, -0.25) is 9.69 Å². The molecule has 2 aromatic carbocycles. The minimum absolute atomic E-state index is 0.156. The molecule has 1 aliphatic heterocycles. The molecule has 9 heteroatoms. The van der Waals surface area contributed by atoms with E-state index in [9.17, 15) is 9.90 Å². The second-order valence-electron chi connectivity index (χ2n) is 11.0. The summed E-state index contributed by atoms with van der Waals surface area (Å²) in [6, 6.07) is 13.3. The lowest BCUT2D eigenvalue weighted by atomic mass is 9.80. The first-order chi connectivity index (χ1) is 18.6. The van der Waals surface area contributed by atoms with Gasteiger partial charge in [-0.05, 0) is 62.1 Å². The number of aromatic nitrogens is 4. The highest BCUT2D eigenvalue weighted by Crippen LogP contribution is 2.37. The first-order valence-electron chi connectivity index (χ1n) is 13.3. The standard InChI is InChI=1S/C30H34FN5O3/c1-6-36-24-12-11-23(26(31)27(24)33-34-36)25(19(3)29(37)38)20-10-9-18(2)22(14-20)16-35-15-21-8-7-13-32-28(21)39-30(4,5)17-35/h7-14,19,25H,6,15-17H2,1-5H3,(H,37,38)/t19-,25+/m1/s1.